The number of aryl methyl sites for hydroxylation is 1. The number of benzene rings is 1. The predicted octanol–water partition coefficient (Wildman–Crippen LogP) is 2.57. The number of hydrogen-bond acceptors (Lipinski definition) is 5. The Hall–Kier alpha value is -3.13. The Bertz CT molecular complexity index is 1210. The van der Waals surface area contributed by atoms with Crippen LogP contribution in [0.4, 0.5) is 5.69 Å². The highest BCUT2D eigenvalue weighted by Crippen LogP contribution is 2.28. The number of aromatic nitrogens is 3. The third kappa shape index (κ3) is 4.17. The van der Waals surface area contributed by atoms with E-state index in [1.54, 1.807) is 18.2 Å². The number of nitrogens with zero attached hydrogens (tertiary/aromatic N) is 3. The predicted molar refractivity (Wildman–Crippen MR) is 112 cm³/mol. The third-order valence-electron chi connectivity index (χ3n) is 4.30. The molecule has 0 fully saturated rings. The van der Waals surface area contributed by atoms with E-state index < -0.39 is 17.2 Å². The molecule has 9 heteroatoms. The third-order valence-corrected chi connectivity index (χ3v) is 4.59. The van der Waals surface area contributed by atoms with Gasteiger partial charge >= 0.3 is 5.69 Å². The van der Waals surface area contributed by atoms with E-state index in [2.05, 4.69) is 10.3 Å². The number of pyridine rings is 1. The van der Waals surface area contributed by atoms with Crippen molar-refractivity contribution < 1.29 is 9.53 Å². The first kappa shape index (κ1) is 20.6. The zero-order valence-corrected chi connectivity index (χ0v) is 17.3. The lowest BCUT2D eigenvalue weighted by atomic mass is 10.2. The molecule has 8 nitrogen and oxygen atoms in total. The fourth-order valence-corrected chi connectivity index (χ4v) is 2.96. The zero-order chi connectivity index (χ0) is 21.3. The van der Waals surface area contributed by atoms with E-state index in [1.807, 2.05) is 13.8 Å². The van der Waals surface area contributed by atoms with Crippen LogP contribution in [0.3, 0.4) is 0 Å². The number of fused-ring (bicyclic) bond motifs is 1. The highest BCUT2D eigenvalue weighted by molar-refractivity contribution is 6.32. The van der Waals surface area contributed by atoms with Gasteiger partial charge in [-0.25, -0.2) is 9.78 Å². The van der Waals surface area contributed by atoms with Gasteiger partial charge in [-0.3, -0.25) is 18.7 Å². The van der Waals surface area contributed by atoms with Crippen molar-refractivity contribution in [2.45, 2.75) is 13.8 Å². The van der Waals surface area contributed by atoms with Crippen molar-refractivity contribution in [1.29, 1.82) is 0 Å². The normalized spacial score (nSPS) is 11.1. The van der Waals surface area contributed by atoms with E-state index in [-0.39, 0.29) is 16.7 Å². The number of nitrogens with one attached hydrogen (secondary N) is 1. The lowest BCUT2D eigenvalue weighted by Crippen LogP contribution is -2.37. The van der Waals surface area contributed by atoms with Crippen molar-refractivity contribution in [2.75, 3.05) is 11.9 Å². The summed E-state index contributed by atoms with van der Waals surface area (Å²) >= 11 is 6.22. The van der Waals surface area contributed by atoms with Crippen LogP contribution in [0.25, 0.3) is 11.0 Å². The monoisotopic (exact) mass is 416 g/mol. The number of amides is 1. The minimum absolute atomic E-state index is 0.0667. The van der Waals surface area contributed by atoms with E-state index in [0.717, 1.165) is 4.57 Å². The summed E-state index contributed by atoms with van der Waals surface area (Å²) in [5.74, 6) is 0.400. The molecule has 0 saturated heterocycles. The lowest BCUT2D eigenvalue weighted by Gasteiger charge is -2.12. The first-order chi connectivity index (χ1) is 13.7. The molecule has 1 amide bonds. The zero-order valence-electron chi connectivity index (χ0n) is 16.5. The van der Waals surface area contributed by atoms with Gasteiger partial charge in [0.2, 0.25) is 0 Å². The molecule has 2 heterocycles. The van der Waals surface area contributed by atoms with E-state index >= 15 is 0 Å². The SMILES string of the molecule is CC(C)COc1ccc(NC(=O)c2ccc3c(=O)n(C)c(=O)n(C)c3n2)cc1Cl. The van der Waals surface area contributed by atoms with E-state index in [4.69, 9.17) is 16.3 Å². The van der Waals surface area contributed by atoms with Gasteiger partial charge in [-0.1, -0.05) is 25.4 Å². The summed E-state index contributed by atoms with van der Waals surface area (Å²) in [7, 11) is 2.89. The number of carbonyl (C=O) groups excluding carboxylic acids is 1. The van der Waals surface area contributed by atoms with Crippen molar-refractivity contribution >= 4 is 34.2 Å². The van der Waals surface area contributed by atoms with Crippen molar-refractivity contribution in [1.82, 2.24) is 14.1 Å². The number of carbonyl (C=O) groups is 1. The summed E-state index contributed by atoms with van der Waals surface area (Å²) in [4.78, 5) is 41.1. The minimum Gasteiger partial charge on any atom is -0.492 e. The van der Waals surface area contributed by atoms with Gasteiger partial charge in [0, 0.05) is 19.8 Å². The summed E-state index contributed by atoms with van der Waals surface area (Å²) in [5.41, 5.74) is -0.308. The Labute approximate surface area is 171 Å². The van der Waals surface area contributed by atoms with Gasteiger partial charge in [0.15, 0.2) is 0 Å². The molecule has 0 aliphatic carbocycles. The standard InChI is InChI=1S/C20H21ClN4O4/c1-11(2)10-29-16-8-5-12(9-14(16)21)22-18(26)15-7-6-13-17(23-15)24(3)20(28)25(4)19(13)27/h5-9,11H,10H2,1-4H3,(H,22,26). The molecule has 0 atom stereocenters. The van der Waals surface area contributed by atoms with E-state index in [0.29, 0.717) is 29.0 Å². The van der Waals surface area contributed by atoms with Gasteiger partial charge in [-0.05, 0) is 36.2 Å². The summed E-state index contributed by atoms with van der Waals surface area (Å²) in [6.07, 6.45) is 0. The van der Waals surface area contributed by atoms with E-state index in [9.17, 15) is 14.4 Å². The maximum absolute atomic E-state index is 12.6. The van der Waals surface area contributed by atoms with Crippen LogP contribution in [0.5, 0.6) is 5.75 Å². The second-order valence-electron chi connectivity index (χ2n) is 7.08. The number of hydrogen-bond donors (Lipinski definition) is 1. The number of anilines is 1. The molecule has 0 aliphatic rings. The molecule has 0 radical (unpaired) electrons. The molecule has 0 aliphatic heterocycles. The average molecular weight is 417 g/mol. The van der Waals surface area contributed by atoms with Gasteiger partial charge in [-0.2, -0.15) is 0 Å². The smallest absolute Gasteiger partial charge is 0.332 e. The molecule has 3 aromatic rings. The maximum atomic E-state index is 12.6. The second kappa shape index (κ2) is 8.08. The summed E-state index contributed by atoms with van der Waals surface area (Å²) in [6.45, 7) is 4.60. The van der Waals surface area contributed by atoms with Crippen LogP contribution in [-0.4, -0.2) is 26.6 Å². The highest BCUT2D eigenvalue weighted by atomic mass is 35.5. The molecule has 3 rings (SSSR count). The van der Waals surface area contributed by atoms with Gasteiger partial charge in [0.05, 0.1) is 17.0 Å². The summed E-state index contributed by atoms with van der Waals surface area (Å²) in [6, 6.07) is 7.86. The van der Waals surface area contributed by atoms with Crippen LogP contribution >= 0.6 is 11.6 Å². The number of halogens is 1. The summed E-state index contributed by atoms with van der Waals surface area (Å²) < 4.78 is 7.84. The van der Waals surface area contributed by atoms with Crippen LogP contribution in [0, 0.1) is 5.92 Å². The van der Waals surface area contributed by atoms with Gasteiger partial charge in [0.1, 0.15) is 17.1 Å². The molecule has 1 aromatic carbocycles. The molecular weight excluding hydrogens is 396 g/mol. The molecule has 0 saturated carbocycles. The maximum Gasteiger partial charge on any atom is 0.332 e. The van der Waals surface area contributed by atoms with Crippen LogP contribution in [0.1, 0.15) is 24.3 Å². The summed E-state index contributed by atoms with van der Waals surface area (Å²) in [5, 5.41) is 3.33. The number of rotatable bonds is 5. The van der Waals surface area contributed by atoms with Crippen molar-refractivity contribution in [3.8, 4) is 5.75 Å². The Morgan fingerprint density at radius 1 is 1.17 bits per heavy atom. The molecule has 29 heavy (non-hydrogen) atoms. The Balaban J connectivity index is 1.88. The fraction of sp³-hybridized carbons (Fsp3) is 0.300. The second-order valence-corrected chi connectivity index (χ2v) is 7.48. The molecule has 1 N–H and O–H groups in total. The molecule has 0 bridgehead atoms. The van der Waals surface area contributed by atoms with Gasteiger partial charge < -0.3 is 10.1 Å². The molecule has 0 spiro atoms. The van der Waals surface area contributed by atoms with Crippen molar-refractivity contribution in [3.05, 3.63) is 61.9 Å². The highest BCUT2D eigenvalue weighted by Gasteiger charge is 2.15. The molecule has 152 valence electrons. The Kier molecular flexibility index (Phi) is 5.74. The van der Waals surface area contributed by atoms with Crippen LogP contribution in [0.15, 0.2) is 39.9 Å². The largest absolute Gasteiger partial charge is 0.492 e. The van der Waals surface area contributed by atoms with Crippen LogP contribution < -0.4 is 21.3 Å². The van der Waals surface area contributed by atoms with Crippen LogP contribution in [-0.2, 0) is 14.1 Å². The molecule has 2 aromatic heterocycles. The Morgan fingerprint density at radius 3 is 2.55 bits per heavy atom. The van der Waals surface area contributed by atoms with Crippen molar-refractivity contribution in [2.24, 2.45) is 20.0 Å². The van der Waals surface area contributed by atoms with Crippen LogP contribution in [0.2, 0.25) is 5.02 Å². The first-order valence-corrected chi connectivity index (χ1v) is 9.37. The van der Waals surface area contributed by atoms with E-state index in [1.165, 1.54) is 30.8 Å². The fourth-order valence-electron chi connectivity index (χ4n) is 2.73. The first-order valence-electron chi connectivity index (χ1n) is 8.99. The van der Waals surface area contributed by atoms with Gasteiger partial charge in [-0.15, -0.1) is 0 Å². The Morgan fingerprint density at radius 2 is 1.90 bits per heavy atom. The molecular formula is C20H21ClN4O4. The number of ether oxygens (including phenoxy) is 1. The van der Waals surface area contributed by atoms with Gasteiger partial charge in [0.25, 0.3) is 11.5 Å². The average Bonchev–Trinajstić information content (AvgIpc) is 2.69. The topological polar surface area (TPSA) is 95.2 Å². The lowest BCUT2D eigenvalue weighted by molar-refractivity contribution is 0.102. The quantitative estimate of drug-likeness (QED) is 0.689. The minimum atomic E-state index is -0.517. The molecule has 0 unspecified atom stereocenters. The van der Waals surface area contributed by atoms with Crippen molar-refractivity contribution in [3.63, 3.8) is 0 Å².